The number of pyridine rings is 1. The Morgan fingerprint density at radius 1 is 1.10 bits per heavy atom. The number of hydrogen-bond acceptors (Lipinski definition) is 9. The van der Waals surface area contributed by atoms with Crippen LogP contribution in [0.3, 0.4) is 0 Å². The lowest BCUT2D eigenvalue weighted by atomic mass is 10.2. The molecule has 0 spiro atoms. The van der Waals surface area contributed by atoms with Crippen molar-refractivity contribution in [2.75, 3.05) is 11.1 Å². The van der Waals surface area contributed by atoms with Crippen molar-refractivity contribution < 1.29 is 9.66 Å². The highest BCUT2D eigenvalue weighted by Gasteiger charge is 2.14. The first kappa shape index (κ1) is 18.3. The largest absolute Gasteiger partial charge is 0.422 e. The van der Waals surface area contributed by atoms with Crippen molar-refractivity contribution >= 4 is 45.8 Å². The molecule has 0 unspecified atom stereocenters. The number of nitrogen functional groups attached to an aromatic ring is 1. The minimum absolute atomic E-state index is 0.0519. The van der Waals surface area contributed by atoms with Crippen LogP contribution in [0, 0.1) is 10.1 Å². The highest BCUT2D eigenvalue weighted by molar-refractivity contribution is 6.30. The topological polar surface area (TPSA) is 142 Å². The quantitative estimate of drug-likeness (QED) is 0.367. The van der Waals surface area contributed by atoms with Crippen LogP contribution in [0.5, 0.6) is 11.8 Å². The molecule has 2 heterocycles. The van der Waals surface area contributed by atoms with Crippen LogP contribution in [0.25, 0.3) is 10.9 Å². The molecule has 10 nitrogen and oxygen atoms in total. The maximum Gasteiger partial charge on any atom is 0.328 e. The van der Waals surface area contributed by atoms with Gasteiger partial charge in [-0.05, 0) is 24.3 Å². The Hall–Kier alpha value is -4.05. The number of ether oxygens (including phenoxy) is 1. The van der Waals surface area contributed by atoms with E-state index in [0.717, 1.165) is 0 Å². The van der Waals surface area contributed by atoms with Crippen LogP contribution in [-0.2, 0) is 0 Å². The molecule has 29 heavy (non-hydrogen) atoms. The van der Waals surface area contributed by atoms with E-state index < -0.39 is 4.92 Å². The highest BCUT2D eigenvalue weighted by atomic mass is 35.5. The summed E-state index contributed by atoms with van der Waals surface area (Å²) in [5.41, 5.74) is 6.56. The van der Waals surface area contributed by atoms with E-state index >= 15 is 0 Å². The molecule has 0 saturated heterocycles. The molecule has 144 valence electrons. The summed E-state index contributed by atoms with van der Waals surface area (Å²) in [7, 11) is 0. The van der Waals surface area contributed by atoms with Gasteiger partial charge in [0.15, 0.2) is 0 Å². The van der Waals surface area contributed by atoms with Crippen molar-refractivity contribution in [3.05, 3.63) is 69.9 Å². The smallest absolute Gasteiger partial charge is 0.328 e. The number of nitrogens with two attached hydrogens (primary N) is 1. The number of halogens is 1. The Kier molecular flexibility index (Phi) is 4.75. The van der Waals surface area contributed by atoms with Gasteiger partial charge in [0.1, 0.15) is 11.3 Å². The summed E-state index contributed by atoms with van der Waals surface area (Å²) in [6.45, 7) is 0. The van der Waals surface area contributed by atoms with Crippen LogP contribution in [-0.4, -0.2) is 24.9 Å². The molecule has 0 bridgehead atoms. The third-order valence-electron chi connectivity index (χ3n) is 3.78. The third kappa shape index (κ3) is 4.12. The van der Waals surface area contributed by atoms with Gasteiger partial charge in [-0.3, -0.25) is 10.1 Å². The number of non-ortho nitro benzene ring substituents is 1. The van der Waals surface area contributed by atoms with Crippen LogP contribution >= 0.6 is 11.6 Å². The van der Waals surface area contributed by atoms with Gasteiger partial charge >= 0.3 is 6.01 Å². The maximum atomic E-state index is 11.1. The Bertz CT molecular complexity index is 1240. The number of hydrogen-bond donors (Lipinski definition) is 2. The predicted molar refractivity (Wildman–Crippen MR) is 107 cm³/mol. The van der Waals surface area contributed by atoms with E-state index in [4.69, 9.17) is 22.1 Å². The number of anilines is 3. The molecule has 2 aromatic carbocycles. The van der Waals surface area contributed by atoms with Gasteiger partial charge in [0.05, 0.1) is 11.1 Å². The number of benzene rings is 2. The van der Waals surface area contributed by atoms with E-state index in [0.29, 0.717) is 16.1 Å². The minimum atomic E-state index is -0.490. The standard InChI is InChI=1S/C18H12ClN7O3/c19-11-4-2-5-12(8-11)22-17-23-16(20)24-18(25-17)29-13-7-10-3-1-6-14(26(27)28)15(10)21-9-13/h1-9H,(H3,20,22,23,24,25). The fraction of sp³-hybridized carbons (Fsp3) is 0. The zero-order valence-electron chi connectivity index (χ0n) is 14.6. The van der Waals surface area contributed by atoms with E-state index in [-0.39, 0.29) is 34.9 Å². The van der Waals surface area contributed by atoms with Crippen molar-refractivity contribution in [1.82, 2.24) is 19.9 Å². The van der Waals surface area contributed by atoms with Gasteiger partial charge in [0.2, 0.25) is 11.9 Å². The third-order valence-corrected chi connectivity index (χ3v) is 4.02. The minimum Gasteiger partial charge on any atom is -0.422 e. The van der Waals surface area contributed by atoms with Crippen LogP contribution in [0.1, 0.15) is 0 Å². The van der Waals surface area contributed by atoms with Crippen molar-refractivity contribution in [3.8, 4) is 11.8 Å². The fourth-order valence-electron chi connectivity index (χ4n) is 2.60. The zero-order valence-corrected chi connectivity index (χ0v) is 15.4. The molecule has 0 aliphatic heterocycles. The van der Waals surface area contributed by atoms with E-state index in [1.165, 1.54) is 12.3 Å². The molecule has 0 amide bonds. The summed E-state index contributed by atoms with van der Waals surface area (Å²) in [6.07, 6.45) is 1.35. The number of nitrogens with one attached hydrogen (secondary N) is 1. The Morgan fingerprint density at radius 2 is 1.93 bits per heavy atom. The highest BCUT2D eigenvalue weighted by Crippen LogP contribution is 2.28. The molecule has 3 N–H and O–H groups in total. The van der Waals surface area contributed by atoms with E-state index in [9.17, 15) is 10.1 Å². The van der Waals surface area contributed by atoms with Crippen LogP contribution in [0.2, 0.25) is 5.02 Å². The van der Waals surface area contributed by atoms with Gasteiger partial charge in [-0.1, -0.05) is 29.8 Å². The van der Waals surface area contributed by atoms with Crippen molar-refractivity contribution in [3.63, 3.8) is 0 Å². The van der Waals surface area contributed by atoms with Crippen LogP contribution in [0.4, 0.5) is 23.3 Å². The normalized spacial score (nSPS) is 10.7. The van der Waals surface area contributed by atoms with Gasteiger partial charge in [0, 0.05) is 22.2 Å². The zero-order chi connectivity index (χ0) is 20.4. The predicted octanol–water partition coefficient (Wildman–Crippen LogP) is 4.10. The Morgan fingerprint density at radius 3 is 2.72 bits per heavy atom. The maximum absolute atomic E-state index is 11.1. The number of nitrogens with zero attached hydrogens (tertiary/aromatic N) is 5. The molecule has 4 rings (SSSR count). The van der Waals surface area contributed by atoms with Gasteiger partial charge in [0.25, 0.3) is 5.69 Å². The molecular weight excluding hydrogens is 398 g/mol. The number of nitro benzene ring substituents is 1. The van der Waals surface area contributed by atoms with E-state index in [1.807, 2.05) is 0 Å². The fourth-order valence-corrected chi connectivity index (χ4v) is 2.79. The average molecular weight is 410 g/mol. The number of rotatable bonds is 5. The molecular formula is C18H12ClN7O3. The average Bonchev–Trinajstić information content (AvgIpc) is 2.66. The second-order valence-electron chi connectivity index (χ2n) is 5.81. The molecule has 4 aromatic rings. The SMILES string of the molecule is Nc1nc(Nc2cccc(Cl)c2)nc(Oc2cnc3c([N+](=O)[O-])cccc3c2)n1. The van der Waals surface area contributed by atoms with Crippen molar-refractivity contribution in [2.24, 2.45) is 0 Å². The molecule has 11 heteroatoms. The van der Waals surface area contributed by atoms with Crippen molar-refractivity contribution in [1.29, 1.82) is 0 Å². The molecule has 0 aliphatic rings. The van der Waals surface area contributed by atoms with E-state index in [2.05, 4.69) is 25.3 Å². The molecule has 0 fully saturated rings. The van der Waals surface area contributed by atoms with Crippen molar-refractivity contribution in [2.45, 2.75) is 0 Å². The number of fused-ring (bicyclic) bond motifs is 1. The van der Waals surface area contributed by atoms with Gasteiger partial charge < -0.3 is 15.8 Å². The lowest BCUT2D eigenvalue weighted by Gasteiger charge is -2.08. The lowest BCUT2D eigenvalue weighted by Crippen LogP contribution is -2.05. The summed E-state index contributed by atoms with van der Waals surface area (Å²) in [4.78, 5) is 26.9. The summed E-state index contributed by atoms with van der Waals surface area (Å²) < 4.78 is 5.63. The number of nitro groups is 1. The number of para-hydroxylation sites is 1. The monoisotopic (exact) mass is 409 g/mol. The van der Waals surface area contributed by atoms with Gasteiger partial charge in [-0.15, -0.1) is 0 Å². The second-order valence-corrected chi connectivity index (χ2v) is 6.25. The van der Waals surface area contributed by atoms with Gasteiger partial charge in [-0.2, -0.15) is 15.0 Å². The second kappa shape index (κ2) is 7.52. The summed E-state index contributed by atoms with van der Waals surface area (Å²) in [5, 5.41) is 15.2. The first-order valence-electron chi connectivity index (χ1n) is 8.23. The molecule has 0 atom stereocenters. The summed E-state index contributed by atoms with van der Waals surface area (Å²) >= 11 is 5.97. The van der Waals surface area contributed by atoms with Crippen LogP contribution in [0.15, 0.2) is 54.7 Å². The van der Waals surface area contributed by atoms with E-state index in [1.54, 1.807) is 42.5 Å². The Labute approximate surface area is 168 Å². The summed E-state index contributed by atoms with van der Waals surface area (Å²) in [5.74, 6) is 0.403. The molecule has 0 radical (unpaired) electrons. The Balaban J connectivity index is 1.62. The molecule has 2 aromatic heterocycles. The lowest BCUT2D eigenvalue weighted by molar-refractivity contribution is -0.383. The summed E-state index contributed by atoms with van der Waals surface area (Å²) in [6, 6.07) is 13.2. The first-order valence-corrected chi connectivity index (χ1v) is 8.61. The molecule has 0 aliphatic carbocycles. The number of aromatic nitrogens is 4. The molecule has 0 saturated carbocycles. The van der Waals surface area contributed by atoms with Gasteiger partial charge in [-0.25, -0.2) is 4.98 Å². The van der Waals surface area contributed by atoms with Crippen LogP contribution < -0.4 is 15.8 Å². The first-order chi connectivity index (χ1) is 14.0.